The summed E-state index contributed by atoms with van der Waals surface area (Å²) in [7, 11) is 2.06. The maximum atomic E-state index is 6.22. The quantitative estimate of drug-likeness (QED) is 0.758. The maximum absolute atomic E-state index is 6.22. The molecule has 1 N–H and O–H groups in total. The SMILES string of the molecule is CCC(C)(C)OC1CC(NC)C1(C)CC. The maximum Gasteiger partial charge on any atom is 0.0665 e. The van der Waals surface area contributed by atoms with Crippen LogP contribution in [-0.4, -0.2) is 24.8 Å². The smallest absolute Gasteiger partial charge is 0.0665 e. The Hall–Kier alpha value is -0.0800. The van der Waals surface area contributed by atoms with Crippen LogP contribution in [0.4, 0.5) is 0 Å². The minimum atomic E-state index is 0.0276. The second-order valence-electron chi connectivity index (χ2n) is 5.66. The van der Waals surface area contributed by atoms with Gasteiger partial charge in [0.25, 0.3) is 0 Å². The molecule has 1 aliphatic carbocycles. The largest absolute Gasteiger partial charge is 0.372 e. The fourth-order valence-electron chi connectivity index (χ4n) is 2.39. The first-order valence-electron chi connectivity index (χ1n) is 6.24. The zero-order chi connectivity index (χ0) is 11.7. The monoisotopic (exact) mass is 213 g/mol. The van der Waals surface area contributed by atoms with Crippen molar-refractivity contribution in [3.63, 3.8) is 0 Å². The van der Waals surface area contributed by atoms with E-state index in [2.05, 4.69) is 47.0 Å². The van der Waals surface area contributed by atoms with E-state index in [1.54, 1.807) is 0 Å². The van der Waals surface area contributed by atoms with Gasteiger partial charge in [0.05, 0.1) is 11.7 Å². The van der Waals surface area contributed by atoms with Crippen molar-refractivity contribution in [3.05, 3.63) is 0 Å². The van der Waals surface area contributed by atoms with Crippen molar-refractivity contribution >= 4 is 0 Å². The third-order valence-corrected chi connectivity index (χ3v) is 4.40. The van der Waals surface area contributed by atoms with E-state index in [1.165, 1.54) is 6.42 Å². The molecular weight excluding hydrogens is 186 g/mol. The topological polar surface area (TPSA) is 21.3 Å². The lowest BCUT2D eigenvalue weighted by Gasteiger charge is -2.55. The van der Waals surface area contributed by atoms with Crippen LogP contribution >= 0.6 is 0 Å². The first-order valence-corrected chi connectivity index (χ1v) is 6.24. The first-order chi connectivity index (χ1) is 6.89. The Bertz CT molecular complexity index is 215. The Morgan fingerprint density at radius 3 is 2.40 bits per heavy atom. The molecule has 0 radical (unpaired) electrons. The summed E-state index contributed by atoms with van der Waals surface area (Å²) in [6.45, 7) is 11.2. The van der Waals surface area contributed by atoms with E-state index in [0.717, 1.165) is 12.8 Å². The third kappa shape index (κ3) is 2.36. The standard InChI is InChI=1S/C13H27NO/c1-7-12(3,4)15-11-9-10(14-6)13(11,5)8-2/h10-11,14H,7-9H2,1-6H3. The summed E-state index contributed by atoms with van der Waals surface area (Å²) >= 11 is 0. The summed E-state index contributed by atoms with van der Waals surface area (Å²) < 4.78 is 6.22. The average Bonchev–Trinajstić information content (AvgIpc) is 2.22. The summed E-state index contributed by atoms with van der Waals surface area (Å²) in [5.74, 6) is 0. The Kier molecular flexibility index (Phi) is 3.83. The van der Waals surface area contributed by atoms with Crippen molar-refractivity contribution in [2.45, 2.75) is 71.6 Å². The van der Waals surface area contributed by atoms with Crippen LogP contribution in [0, 0.1) is 5.41 Å². The van der Waals surface area contributed by atoms with Gasteiger partial charge in [-0.1, -0.05) is 20.8 Å². The van der Waals surface area contributed by atoms with Crippen LogP contribution in [0.15, 0.2) is 0 Å². The van der Waals surface area contributed by atoms with E-state index in [1.807, 2.05) is 0 Å². The molecular formula is C13H27NO. The number of nitrogens with one attached hydrogen (secondary N) is 1. The molecule has 0 aromatic rings. The van der Waals surface area contributed by atoms with Crippen molar-refractivity contribution in [2.24, 2.45) is 5.41 Å². The van der Waals surface area contributed by atoms with E-state index < -0.39 is 0 Å². The van der Waals surface area contributed by atoms with Gasteiger partial charge in [0.15, 0.2) is 0 Å². The Labute approximate surface area is 94.8 Å². The number of hydrogen-bond acceptors (Lipinski definition) is 2. The average molecular weight is 213 g/mol. The van der Waals surface area contributed by atoms with E-state index >= 15 is 0 Å². The van der Waals surface area contributed by atoms with Crippen molar-refractivity contribution in [1.29, 1.82) is 0 Å². The van der Waals surface area contributed by atoms with Gasteiger partial charge in [0.2, 0.25) is 0 Å². The number of hydrogen-bond donors (Lipinski definition) is 1. The van der Waals surface area contributed by atoms with E-state index in [0.29, 0.717) is 17.6 Å². The highest BCUT2D eigenvalue weighted by molar-refractivity contribution is 5.05. The van der Waals surface area contributed by atoms with Gasteiger partial charge in [-0.2, -0.15) is 0 Å². The van der Waals surface area contributed by atoms with E-state index in [4.69, 9.17) is 4.74 Å². The zero-order valence-electron chi connectivity index (χ0n) is 11.2. The predicted molar refractivity (Wildman–Crippen MR) is 65.1 cm³/mol. The van der Waals surface area contributed by atoms with Gasteiger partial charge >= 0.3 is 0 Å². The van der Waals surface area contributed by atoms with Gasteiger partial charge in [0, 0.05) is 11.5 Å². The highest BCUT2D eigenvalue weighted by Gasteiger charge is 2.51. The van der Waals surface area contributed by atoms with Gasteiger partial charge in [0.1, 0.15) is 0 Å². The highest BCUT2D eigenvalue weighted by atomic mass is 16.5. The van der Waals surface area contributed by atoms with Crippen LogP contribution in [0.1, 0.15) is 53.9 Å². The summed E-state index contributed by atoms with van der Waals surface area (Å²) in [6.07, 6.45) is 3.84. The minimum absolute atomic E-state index is 0.0276. The Morgan fingerprint density at radius 2 is 2.00 bits per heavy atom. The molecule has 1 rings (SSSR count). The second-order valence-corrected chi connectivity index (χ2v) is 5.66. The molecule has 3 unspecified atom stereocenters. The minimum Gasteiger partial charge on any atom is -0.372 e. The molecule has 2 heteroatoms. The molecule has 2 nitrogen and oxygen atoms in total. The lowest BCUT2D eigenvalue weighted by Crippen LogP contribution is -2.62. The van der Waals surface area contributed by atoms with Crippen LogP contribution in [0.5, 0.6) is 0 Å². The van der Waals surface area contributed by atoms with E-state index in [-0.39, 0.29) is 5.60 Å². The van der Waals surface area contributed by atoms with Crippen molar-refractivity contribution in [2.75, 3.05) is 7.05 Å². The van der Waals surface area contributed by atoms with Crippen LogP contribution in [0.25, 0.3) is 0 Å². The molecule has 3 atom stereocenters. The molecule has 15 heavy (non-hydrogen) atoms. The summed E-state index contributed by atoms with van der Waals surface area (Å²) in [5.41, 5.74) is 0.348. The van der Waals surface area contributed by atoms with Gasteiger partial charge in [-0.25, -0.2) is 0 Å². The van der Waals surface area contributed by atoms with Gasteiger partial charge < -0.3 is 10.1 Å². The summed E-state index contributed by atoms with van der Waals surface area (Å²) in [5, 5.41) is 3.40. The van der Waals surface area contributed by atoms with Gasteiger partial charge in [-0.05, 0) is 40.2 Å². The molecule has 1 saturated carbocycles. The van der Waals surface area contributed by atoms with Crippen LogP contribution in [0.3, 0.4) is 0 Å². The lowest BCUT2D eigenvalue weighted by atomic mass is 9.61. The summed E-state index contributed by atoms with van der Waals surface area (Å²) in [6, 6.07) is 0.625. The Balaban J connectivity index is 2.59. The van der Waals surface area contributed by atoms with Crippen LogP contribution in [-0.2, 0) is 4.74 Å². The molecule has 90 valence electrons. The fourth-order valence-corrected chi connectivity index (χ4v) is 2.39. The normalized spacial score (nSPS) is 36.4. The molecule has 1 fully saturated rings. The molecule has 1 aliphatic rings. The fraction of sp³-hybridized carbons (Fsp3) is 1.00. The first kappa shape index (κ1) is 13.0. The molecule has 0 amide bonds. The molecule has 0 spiro atoms. The van der Waals surface area contributed by atoms with Gasteiger partial charge in [-0.15, -0.1) is 0 Å². The number of ether oxygens (including phenoxy) is 1. The summed E-state index contributed by atoms with van der Waals surface area (Å²) in [4.78, 5) is 0. The molecule has 0 aromatic heterocycles. The molecule has 0 aliphatic heterocycles. The van der Waals surface area contributed by atoms with Crippen molar-refractivity contribution in [3.8, 4) is 0 Å². The lowest BCUT2D eigenvalue weighted by molar-refractivity contribution is -0.186. The van der Waals surface area contributed by atoms with Gasteiger partial charge in [-0.3, -0.25) is 0 Å². The van der Waals surface area contributed by atoms with Crippen molar-refractivity contribution < 1.29 is 4.74 Å². The molecule has 0 heterocycles. The molecule has 0 aromatic carbocycles. The predicted octanol–water partition coefficient (Wildman–Crippen LogP) is 2.97. The number of rotatable bonds is 5. The van der Waals surface area contributed by atoms with Crippen LogP contribution < -0.4 is 5.32 Å². The molecule has 0 bridgehead atoms. The zero-order valence-corrected chi connectivity index (χ0v) is 11.2. The highest BCUT2D eigenvalue weighted by Crippen LogP contribution is 2.47. The van der Waals surface area contributed by atoms with Crippen LogP contribution in [0.2, 0.25) is 0 Å². The van der Waals surface area contributed by atoms with Crippen molar-refractivity contribution in [1.82, 2.24) is 5.32 Å². The molecule has 0 saturated heterocycles. The Morgan fingerprint density at radius 1 is 1.40 bits per heavy atom. The second kappa shape index (κ2) is 4.42. The van der Waals surface area contributed by atoms with E-state index in [9.17, 15) is 0 Å². The third-order valence-electron chi connectivity index (χ3n) is 4.40.